The molecule has 0 unspecified atom stereocenters. The van der Waals surface area contributed by atoms with E-state index in [0.717, 1.165) is 11.1 Å². The summed E-state index contributed by atoms with van der Waals surface area (Å²) in [7, 11) is 1.67. The van der Waals surface area contributed by atoms with Crippen molar-refractivity contribution >= 4 is 11.6 Å². The minimum Gasteiger partial charge on any atom is -0.478 e. The molecule has 10 heteroatoms. The summed E-state index contributed by atoms with van der Waals surface area (Å²) < 4.78 is 22.7. The number of rotatable bonds is 6. The summed E-state index contributed by atoms with van der Waals surface area (Å²) in [6, 6.07) is 7.69. The second kappa shape index (κ2) is 8.88. The van der Waals surface area contributed by atoms with Gasteiger partial charge in [-0.15, -0.1) is 5.10 Å². The molecular formula is C22H20ClFN6O2. The van der Waals surface area contributed by atoms with Gasteiger partial charge in [0.05, 0.1) is 25.0 Å². The van der Waals surface area contributed by atoms with Crippen molar-refractivity contribution in [1.82, 2.24) is 29.8 Å². The molecule has 0 fully saturated rings. The van der Waals surface area contributed by atoms with E-state index in [0.29, 0.717) is 29.4 Å². The SMILES string of the molecule is CCOc1ncc(-c2cnn(Cc3c(-c4ccc(Cl)cc4F)nnn3C)c(=O)c2)cc1C. The fourth-order valence-electron chi connectivity index (χ4n) is 3.30. The fraction of sp³-hybridized carbons (Fsp3) is 0.227. The summed E-state index contributed by atoms with van der Waals surface area (Å²) in [6.45, 7) is 4.38. The Morgan fingerprint density at radius 1 is 1.16 bits per heavy atom. The van der Waals surface area contributed by atoms with E-state index >= 15 is 0 Å². The maximum atomic E-state index is 14.4. The van der Waals surface area contributed by atoms with Gasteiger partial charge in [-0.1, -0.05) is 16.8 Å². The van der Waals surface area contributed by atoms with Crippen LogP contribution in [-0.4, -0.2) is 36.4 Å². The molecule has 0 saturated heterocycles. The Balaban J connectivity index is 1.65. The van der Waals surface area contributed by atoms with Gasteiger partial charge in [0.2, 0.25) is 5.88 Å². The second-order valence-electron chi connectivity index (χ2n) is 7.15. The van der Waals surface area contributed by atoms with Gasteiger partial charge in [0, 0.05) is 46.6 Å². The van der Waals surface area contributed by atoms with E-state index in [4.69, 9.17) is 16.3 Å². The largest absolute Gasteiger partial charge is 0.478 e. The molecule has 0 N–H and O–H groups in total. The number of nitrogens with zero attached hydrogens (tertiary/aromatic N) is 6. The van der Waals surface area contributed by atoms with Crippen molar-refractivity contribution in [2.24, 2.45) is 7.05 Å². The maximum absolute atomic E-state index is 14.4. The van der Waals surface area contributed by atoms with Crippen LogP contribution in [0.15, 0.2) is 47.5 Å². The molecule has 1 aromatic carbocycles. The molecule has 0 radical (unpaired) electrons. The van der Waals surface area contributed by atoms with Crippen molar-refractivity contribution in [3.8, 4) is 28.3 Å². The highest BCUT2D eigenvalue weighted by Gasteiger charge is 2.18. The van der Waals surface area contributed by atoms with E-state index < -0.39 is 5.82 Å². The summed E-state index contributed by atoms with van der Waals surface area (Å²) in [4.78, 5) is 17.1. The zero-order valence-corrected chi connectivity index (χ0v) is 18.5. The molecule has 164 valence electrons. The summed E-state index contributed by atoms with van der Waals surface area (Å²) >= 11 is 5.85. The van der Waals surface area contributed by atoms with Gasteiger partial charge in [0.1, 0.15) is 11.5 Å². The molecule has 0 spiro atoms. The number of halogens is 2. The third-order valence-electron chi connectivity index (χ3n) is 4.94. The fourth-order valence-corrected chi connectivity index (χ4v) is 3.46. The highest BCUT2D eigenvalue weighted by atomic mass is 35.5. The monoisotopic (exact) mass is 454 g/mol. The molecule has 0 aliphatic rings. The van der Waals surface area contributed by atoms with Crippen LogP contribution >= 0.6 is 11.6 Å². The normalized spacial score (nSPS) is 11.0. The molecule has 0 aliphatic carbocycles. The zero-order chi connectivity index (χ0) is 22.8. The maximum Gasteiger partial charge on any atom is 0.267 e. The van der Waals surface area contributed by atoms with Crippen molar-refractivity contribution in [1.29, 1.82) is 0 Å². The van der Waals surface area contributed by atoms with Crippen LogP contribution < -0.4 is 10.3 Å². The van der Waals surface area contributed by atoms with E-state index in [-0.39, 0.29) is 22.7 Å². The standard InChI is InChI=1S/C22H20ClFN6O2/c1-4-32-22-13(2)7-14(10-25-22)15-8-20(31)30(26-11-15)12-19-21(27-28-29(19)3)17-6-5-16(23)9-18(17)24/h5-11H,4,12H2,1-3H3. The summed E-state index contributed by atoms with van der Waals surface area (Å²) in [5.41, 5.74) is 3.05. The first-order chi connectivity index (χ1) is 15.4. The topological polar surface area (TPSA) is 87.7 Å². The highest BCUT2D eigenvalue weighted by Crippen LogP contribution is 2.27. The molecule has 0 amide bonds. The van der Waals surface area contributed by atoms with Gasteiger partial charge >= 0.3 is 0 Å². The molecule has 0 bridgehead atoms. The van der Waals surface area contributed by atoms with Crippen molar-refractivity contribution in [3.63, 3.8) is 0 Å². The quantitative estimate of drug-likeness (QED) is 0.442. The highest BCUT2D eigenvalue weighted by molar-refractivity contribution is 6.30. The summed E-state index contributed by atoms with van der Waals surface area (Å²) in [5, 5.41) is 12.6. The van der Waals surface area contributed by atoms with Gasteiger partial charge in [-0.25, -0.2) is 18.7 Å². The number of hydrogen-bond donors (Lipinski definition) is 0. The molecule has 0 saturated carbocycles. The van der Waals surface area contributed by atoms with E-state index in [2.05, 4.69) is 20.4 Å². The lowest BCUT2D eigenvalue weighted by Gasteiger charge is -2.10. The second-order valence-corrected chi connectivity index (χ2v) is 7.59. The Morgan fingerprint density at radius 2 is 1.94 bits per heavy atom. The lowest BCUT2D eigenvalue weighted by Crippen LogP contribution is -2.24. The molecule has 4 rings (SSSR count). The molecule has 8 nitrogen and oxygen atoms in total. The number of aromatic nitrogens is 6. The van der Waals surface area contributed by atoms with Crippen LogP contribution in [0.4, 0.5) is 4.39 Å². The number of aryl methyl sites for hydroxylation is 2. The van der Waals surface area contributed by atoms with E-state index in [1.54, 1.807) is 25.5 Å². The van der Waals surface area contributed by atoms with E-state index in [1.165, 1.54) is 27.6 Å². The number of ether oxygens (including phenoxy) is 1. The predicted molar refractivity (Wildman–Crippen MR) is 118 cm³/mol. The van der Waals surface area contributed by atoms with E-state index in [9.17, 15) is 9.18 Å². The van der Waals surface area contributed by atoms with Gasteiger partial charge in [0.15, 0.2) is 0 Å². The average molecular weight is 455 g/mol. The zero-order valence-electron chi connectivity index (χ0n) is 17.7. The van der Waals surface area contributed by atoms with Crippen LogP contribution in [0.1, 0.15) is 18.2 Å². The van der Waals surface area contributed by atoms with Crippen molar-refractivity contribution in [2.45, 2.75) is 20.4 Å². The smallest absolute Gasteiger partial charge is 0.267 e. The van der Waals surface area contributed by atoms with Crippen LogP contribution in [-0.2, 0) is 13.6 Å². The molecule has 0 atom stereocenters. The average Bonchev–Trinajstić information content (AvgIpc) is 3.11. The minimum absolute atomic E-state index is 0.0700. The Hall–Kier alpha value is -3.59. The first-order valence-electron chi connectivity index (χ1n) is 9.88. The molecule has 3 aromatic heterocycles. The molecule has 4 aromatic rings. The molecule has 3 heterocycles. The number of hydrogen-bond acceptors (Lipinski definition) is 6. The van der Waals surface area contributed by atoms with Crippen molar-refractivity contribution in [2.75, 3.05) is 6.61 Å². The molecule has 32 heavy (non-hydrogen) atoms. The van der Waals surface area contributed by atoms with Crippen LogP contribution in [0.3, 0.4) is 0 Å². The van der Waals surface area contributed by atoms with Gasteiger partial charge in [-0.05, 0) is 38.1 Å². The van der Waals surface area contributed by atoms with Gasteiger partial charge in [-0.2, -0.15) is 5.10 Å². The number of benzene rings is 1. The first kappa shape index (κ1) is 21.6. The third-order valence-corrected chi connectivity index (χ3v) is 5.18. The predicted octanol–water partition coefficient (Wildman–Crippen LogP) is 3.65. The Bertz CT molecular complexity index is 1350. The van der Waals surface area contributed by atoms with Crippen LogP contribution in [0.2, 0.25) is 5.02 Å². The third kappa shape index (κ3) is 4.24. The molecular weight excluding hydrogens is 435 g/mol. The lowest BCUT2D eigenvalue weighted by atomic mass is 10.1. The molecule has 0 aliphatic heterocycles. The number of pyridine rings is 1. The lowest BCUT2D eigenvalue weighted by molar-refractivity contribution is 0.324. The van der Waals surface area contributed by atoms with Gasteiger partial charge in [-0.3, -0.25) is 4.79 Å². The van der Waals surface area contributed by atoms with Crippen LogP contribution in [0.25, 0.3) is 22.4 Å². The minimum atomic E-state index is -0.520. The van der Waals surface area contributed by atoms with Crippen LogP contribution in [0, 0.1) is 12.7 Å². The van der Waals surface area contributed by atoms with Crippen LogP contribution in [0.5, 0.6) is 5.88 Å². The summed E-state index contributed by atoms with van der Waals surface area (Å²) in [6.07, 6.45) is 3.23. The Morgan fingerprint density at radius 3 is 2.62 bits per heavy atom. The van der Waals surface area contributed by atoms with Crippen molar-refractivity contribution < 1.29 is 9.13 Å². The van der Waals surface area contributed by atoms with E-state index in [1.807, 2.05) is 19.9 Å². The van der Waals surface area contributed by atoms with Crippen molar-refractivity contribution in [3.05, 3.63) is 75.2 Å². The van der Waals surface area contributed by atoms with Gasteiger partial charge < -0.3 is 4.74 Å². The van der Waals surface area contributed by atoms with Gasteiger partial charge in [0.25, 0.3) is 5.56 Å². The first-order valence-corrected chi connectivity index (χ1v) is 10.3. The Kier molecular flexibility index (Phi) is 6.00. The summed E-state index contributed by atoms with van der Waals surface area (Å²) in [5.74, 6) is 0.0384. The Labute approximate surface area is 188 Å².